The predicted molar refractivity (Wildman–Crippen MR) is 87.7 cm³/mol. The number of aryl methyl sites for hydroxylation is 1. The number of nitrogens with one attached hydrogen (secondary N) is 1. The fourth-order valence-electron chi connectivity index (χ4n) is 2.25. The summed E-state index contributed by atoms with van der Waals surface area (Å²) in [6, 6.07) is 16.8. The Kier molecular flexibility index (Phi) is 5.98. The first-order valence-corrected chi connectivity index (χ1v) is 7.42. The maximum absolute atomic E-state index is 12.1. The van der Waals surface area contributed by atoms with Gasteiger partial charge in [0.05, 0.1) is 7.11 Å². The molecule has 3 N–H and O–H groups in total. The molecule has 2 aromatic carbocycles. The third kappa shape index (κ3) is 4.60. The van der Waals surface area contributed by atoms with Crippen molar-refractivity contribution in [2.24, 2.45) is 5.73 Å². The molecule has 2 rings (SSSR count). The van der Waals surface area contributed by atoms with Crippen molar-refractivity contribution in [3.8, 4) is 5.75 Å². The van der Waals surface area contributed by atoms with Gasteiger partial charge in [-0.15, -0.1) is 0 Å². The Morgan fingerprint density at radius 2 is 1.95 bits per heavy atom. The molecule has 22 heavy (non-hydrogen) atoms. The lowest BCUT2D eigenvalue weighted by Gasteiger charge is -2.13. The molecule has 0 spiro atoms. The van der Waals surface area contributed by atoms with Gasteiger partial charge < -0.3 is 15.8 Å². The Labute approximate surface area is 131 Å². The van der Waals surface area contributed by atoms with E-state index >= 15 is 0 Å². The lowest BCUT2D eigenvalue weighted by atomic mass is 10.1. The SMILES string of the molecule is COc1cccc(C(N)C(=O)NCCCc2ccccc2)c1. The molecule has 0 saturated carbocycles. The van der Waals surface area contributed by atoms with Gasteiger partial charge in [-0.2, -0.15) is 0 Å². The largest absolute Gasteiger partial charge is 0.497 e. The molecule has 0 bridgehead atoms. The van der Waals surface area contributed by atoms with Gasteiger partial charge in [-0.3, -0.25) is 4.79 Å². The molecule has 1 atom stereocenters. The van der Waals surface area contributed by atoms with Crippen molar-refractivity contribution in [1.29, 1.82) is 0 Å². The molecule has 0 saturated heterocycles. The van der Waals surface area contributed by atoms with E-state index < -0.39 is 6.04 Å². The molecular weight excluding hydrogens is 276 g/mol. The molecule has 0 aliphatic rings. The van der Waals surface area contributed by atoms with E-state index in [4.69, 9.17) is 10.5 Å². The number of methoxy groups -OCH3 is 1. The van der Waals surface area contributed by atoms with E-state index in [1.54, 1.807) is 13.2 Å². The molecule has 116 valence electrons. The lowest BCUT2D eigenvalue weighted by molar-refractivity contribution is -0.122. The van der Waals surface area contributed by atoms with Crippen LogP contribution in [0.2, 0.25) is 0 Å². The smallest absolute Gasteiger partial charge is 0.241 e. The van der Waals surface area contributed by atoms with Crippen molar-refractivity contribution < 1.29 is 9.53 Å². The van der Waals surface area contributed by atoms with Crippen LogP contribution in [0.3, 0.4) is 0 Å². The molecule has 1 amide bonds. The predicted octanol–water partition coefficient (Wildman–Crippen LogP) is 2.44. The first-order valence-electron chi connectivity index (χ1n) is 7.42. The van der Waals surface area contributed by atoms with Gasteiger partial charge in [0.1, 0.15) is 11.8 Å². The third-order valence-electron chi connectivity index (χ3n) is 3.52. The average molecular weight is 298 g/mol. The number of rotatable bonds is 7. The van der Waals surface area contributed by atoms with E-state index in [-0.39, 0.29) is 5.91 Å². The van der Waals surface area contributed by atoms with Gasteiger partial charge in [-0.25, -0.2) is 0 Å². The average Bonchev–Trinajstić information content (AvgIpc) is 2.58. The molecule has 0 aliphatic carbocycles. The highest BCUT2D eigenvalue weighted by Gasteiger charge is 2.15. The fourth-order valence-corrected chi connectivity index (χ4v) is 2.25. The van der Waals surface area contributed by atoms with Gasteiger partial charge in [-0.05, 0) is 36.1 Å². The van der Waals surface area contributed by atoms with Crippen LogP contribution >= 0.6 is 0 Å². The normalized spacial score (nSPS) is 11.7. The number of ether oxygens (including phenoxy) is 1. The van der Waals surface area contributed by atoms with Crippen LogP contribution in [0.4, 0.5) is 0 Å². The van der Waals surface area contributed by atoms with Gasteiger partial charge in [0.15, 0.2) is 0 Å². The van der Waals surface area contributed by atoms with Crippen LogP contribution in [0.15, 0.2) is 54.6 Å². The zero-order valence-corrected chi connectivity index (χ0v) is 12.8. The van der Waals surface area contributed by atoms with Gasteiger partial charge in [0, 0.05) is 6.54 Å². The van der Waals surface area contributed by atoms with Crippen LogP contribution in [0, 0.1) is 0 Å². The van der Waals surface area contributed by atoms with Gasteiger partial charge in [-0.1, -0.05) is 42.5 Å². The summed E-state index contributed by atoms with van der Waals surface area (Å²) in [5.74, 6) is 0.533. The van der Waals surface area contributed by atoms with Crippen molar-refractivity contribution in [3.05, 3.63) is 65.7 Å². The van der Waals surface area contributed by atoms with Crippen molar-refractivity contribution in [3.63, 3.8) is 0 Å². The third-order valence-corrected chi connectivity index (χ3v) is 3.52. The molecule has 2 aromatic rings. The Hall–Kier alpha value is -2.33. The second-order valence-corrected chi connectivity index (χ2v) is 5.13. The minimum absolute atomic E-state index is 0.165. The Morgan fingerprint density at radius 3 is 2.68 bits per heavy atom. The molecule has 1 unspecified atom stereocenters. The van der Waals surface area contributed by atoms with Crippen molar-refractivity contribution in [2.45, 2.75) is 18.9 Å². The summed E-state index contributed by atoms with van der Waals surface area (Å²) in [7, 11) is 1.59. The lowest BCUT2D eigenvalue weighted by Crippen LogP contribution is -2.34. The van der Waals surface area contributed by atoms with Crippen LogP contribution in [0.1, 0.15) is 23.6 Å². The van der Waals surface area contributed by atoms with E-state index in [0.717, 1.165) is 18.4 Å². The van der Waals surface area contributed by atoms with E-state index in [0.29, 0.717) is 12.3 Å². The summed E-state index contributed by atoms with van der Waals surface area (Å²) in [6.07, 6.45) is 1.83. The Balaban J connectivity index is 1.79. The molecule has 0 radical (unpaired) electrons. The zero-order chi connectivity index (χ0) is 15.8. The first-order chi connectivity index (χ1) is 10.7. The van der Waals surface area contributed by atoms with Gasteiger partial charge in [0.2, 0.25) is 5.91 Å². The number of carbonyl (C=O) groups excluding carboxylic acids is 1. The molecule has 0 aliphatic heterocycles. The van der Waals surface area contributed by atoms with Crippen LogP contribution in [0.5, 0.6) is 5.75 Å². The number of hydrogen-bond donors (Lipinski definition) is 2. The monoisotopic (exact) mass is 298 g/mol. The van der Waals surface area contributed by atoms with Crippen LogP contribution in [0.25, 0.3) is 0 Å². The summed E-state index contributed by atoms with van der Waals surface area (Å²) in [5.41, 5.74) is 8.01. The minimum atomic E-state index is -0.674. The number of amides is 1. The maximum atomic E-state index is 12.1. The molecule has 0 aromatic heterocycles. The summed E-state index contributed by atoms with van der Waals surface area (Å²) in [5, 5.41) is 2.88. The first kappa shape index (κ1) is 16.0. The molecule has 4 nitrogen and oxygen atoms in total. The van der Waals surface area contributed by atoms with Crippen molar-refractivity contribution in [2.75, 3.05) is 13.7 Å². The Bertz CT molecular complexity index is 599. The van der Waals surface area contributed by atoms with Crippen molar-refractivity contribution >= 4 is 5.91 Å². The second-order valence-electron chi connectivity index (χ2n) is 5.13. The maximum Gasteiger partial charge on any atom is 0.241 e. The summed E-state index contributed by atoms with van der Waals surface area (Å²) < 4.78 is 5.15. The van der Waals surface area contributed by atoms with Crippen molar-refractivity contribution in [1.82, 2.24) is 5.32 Å². The molecule has 0 fully saturated rings. The van der Waals surface area contributed by atoms with E-state index in [9.17, 15) is 4.79 Å². The van der Waals surface area contributed by atoms with E-state index in [1.165, 1.54) is 5.56 Å². The highest BCUT2D eigenvalue weighted by molar-refractivity contribution is 5.83. The number of carbonyl (C=O) groups is 1. The van der Waals surface area contributed by atoms with Crippen LogP contribution in [-0.4, -0.2) is 19.6 Å². The van der Waals surface area contributed by atoms with Crippen LogP contribution < -0.4 is 15.8 Å². The quantitative estimate of drug-likeness (QED) is 0.772. The summed E-state index contributed by atoms with van der Waals surface area (Å²) in [6.45, 7) is 0.616. The van der Waals surface area contributed by atoms with Crippen LogP contribution in [-0.2, 0) is 11.2 Å². The number of nitrogens with two attached hydrogens (primary N) is 1. The molecule has 0 heterocycles. The van der Waals surface area contributed by atoms with Gasteiger partial charge in [0.25, 0.3) is 0 Å². The van der Waals surface area contributed by atoms with E-state index in [1.807, 2.05) is 36.4 Å². The Morgan fingerprint density at radius 1 is 1.18 bits per heavy atom. The molecular formula is C18H22N2O2. The minimum Gasteiger partial charge on any atom is -0.497 e. The summed E-state index contributed by atoms with van der Waals surface area (Å²) in [4.78, 5) is 12.1. The highest BCUT2D eigenvalue weighted by Crippen LogP contribution is 2.17. The zero-order valence-electron chi connectivity index (χ0n) is 12.8. The standard InChI is InChI=1S/C18H22N2O2/c1-22-16-11-5-10-15(13-16)17(19)18(21)20-12-6-9-14-7-3-2-4-8-14/h2-5,7-8,10-11,13,17H,6,9,12,19H2,1H3,(H,20,21). The number of benzene rings is 2. The van der Waals surface area contributed by atoms with Gasteiger partial charge >= 0.3 is 0 Å². The summed E-state index contributed by atoms with van der Waals surface area (Å²) >= 11 is 0. The number of hydrogen-bond acceptors (Lipinski definition) is 3. The topological polar surface area (TPSA) is 64.3 Å². The molecule has 4 heteroatoms. The highest BCUT2D eigenvalue weighted by atomic mass is 16.5. The fraction of sp³-hybridized carbons (Fsp3) is 0.278. The van der Waals surface area contributed by atoms with E-state index in [2.05, 4.69) is 17.4 Å². The second kappa shape index (κ2) is 8.20.